The summed E-state index contributed by atoms with van der Waals surface area (Å²) in [6, 6.07) is 16.4. The average molecular weight is 1030 g/mol. The van der Waals surface area contributed by atoms with Crippen LogP contribution in [0.15, 0.2) is 112 Å². The summed E-state index contributed by atoms with van der Waals surface area (Å²) in [4.78, 5) is 12.7. The normalized spacial score (nSPS) is 18.2. The van der Waals surface area contributed by atoms with E-state index in [9.17, 15) is 61.8 Å². The molecule has 0 amide bonds. The maximum atomic E-state index is 12.2. The van der Waals surface area contributed by atoms with Gasteiger partial charge in [-0.2, -0.15) is 29.8 Å². The van der Waals surface area contributed by atoms with Gasteiger partial charge in [0.15, 0.2) is 5.71 Å². The summed E-state index contributed by atoms with van der Waals surface area (Å²) in [5.41, 5.74) is 7.02. The summed E-state index contributed by atoms with van der Waals surface area (Å²) in [6.45, 7) is 8.29. The molecule has 0 spiro atoms. The number of aliphatic carboxylic acids is 1. The Morgan fingerprint density at radius 1 is 0.750 bits per heavy atom. The van der Waals surface area contributed by atoms with Gasteiger partial charge in [-0.15, -0.1) is 0 Å². The molecule has 6 rings (SSSR count). The Kier molecular flexibility index (Phi) is 17.3. The van der Waals surface area contributed by atoms with Crippen LogP contribution in [0.2, 0.25) is 0 Å². The van der Waals surface area contributed by atoms with E-state index in [1.807, 2.05) is 85.7 Å². The first-order valence-electron chi connectivity index (χ1n) is 21.8. The molecule has 0 saturated carbocycles. The van der Waals surface area contributed by atoms with Crippen molar-refractivity contribution in [2.45, 2.75) is 106 Å². The molecule has 2 heterocycles. The van der Waals surface area contributed by atoms with Crippen LogP contribution in [-0.2, 0) is 62.5 Å². The van der Waals surface area contributed by atoms with E-state index >= 15 is 0 Å². The molecule has 3 aliphatic rings. The number of aryl methyl sites for hydroxylation is 1. The van der Waals surface area contributed by atoms with Gasteiger partial charge in [-0.1, -0.05) is 50.3 Å². The fourth-order valence-electron chi connectivity index (χ4n) is 9.33. The van der Waals surface area contributed by atoms with E-state index in [0.717, 1.165) is 39.3 Å². The predicted molar refractivity (Wildman–Crippen MR) is 261 cm³/mol. The summed E-state index contributed by atoms with van der Waals surface area (Å²) in [5, 5.41) is 9.31. The second kappa shape index (κ2) is 21.3. The quantitative estimate of drug-likeness (QED) is 0.0396. The SMILES string of the molecule is CC1(C)C(=CC=C2CCC(C=CC3=[N+](CCCCS(=O)(=O)O)c4ccc(S(=O)(=O)[O-])cc4C3(C)C)=C2c2cccc(CCCC(=O)O)c2)N(CCCCS(=O)(=O)O)c2ccc(S(=O)(=O)O)cc21.[NaH]. The predicted octanol–water partition coefficient (Wildman–Crippen LogP) is 6.72. The molecule has 21 heteroatoms. The van der Waals surface area contributed by atoms with Crippen LogP contribution >= 0.6 is 0 Å². The number of unbranched alkanes of at least 4 members (excludes halogenated alkanes) is 2. The number of benzene rings is 3. The molecule has 0 bridgehead atoms. The second-order valence-corrected chi connectivity index (χ2v) is 24.1. The van der Waals surface area contributed by atoms with Crippen LogP contribution in [-0.4, -0.2) is 127 Å². The third-order valence-corrected chi connectivity index (χ3v) is 15.9. The number of carboxylic acids is 1. The summed E-state index contributed by atoms with van der Waals surface area (Å²) in [5.74, 6) is -1.77. The Morgan fingerprint density at radius 2 is 1.40 bits per heavy atom. The summed E-state index contributed by atoms with van der Waals surface area (Å²) in [6.07, 6.45) is 11.0. The Bertz CT molecular complexity index is 3100. The molecule has 1 aliphatic carbocycles. The van der Waals surface area contributed by atoms with Crippen LogP contribution in [0, 0.1) is 0 Å². The van der Waals surface area contributed by atoms with Gasteiger partial charge in [0.1, 0.15) is 16.7 Å². The standard InChI is InChI=1S/C47H56N2O14S4.Na.H/c1-46(2)38-30-36(66(58,59)60)19-21-40(38)48(25-5-7-27-64(52,53)54)42(46)23-17-33-15-16-34(45(33)35-13-9-11-32(29-35)12-10-14-44(50)51)18-24-43-47(3,4)39-31-37(67(61,62)63)20-22-41(39)49(43)26-6-8-28-65(55,56)57;;/h9,11,13,17-24,29-31H,5-8,10,12,14-16,25-28H2,1-4H3,(H4-,50,51,52,53,54,55,56,57,58,59,60,61,62,63);;. The summed E-state index contributed by atoms with van der Waals surface area (Å²) < 4.78 is 138. The maximum absolute atomic E-state index is 12.2. The molecule has 2 aliphatic heterocycles. The molecule has 3 aromatic carbocycles. The first-order chi connectivity index (χ1) is 31.1. The molecule has 16 nitrogen and oxygen atoms in total. The van der Waals surface area contributed by atoms with E-state index in [4.69, 9.17) is 0 Å². The number of hydrogen-bond acceptors (Lipinski definition) is 11. The van der Waals surface area contributed by atoms with Crippen LogP contribution in [0.1, 0.15) is 101 Å². The Morgan fingerprint density at radius 3 is 2.03 bits per heavy atom. The van der Waals surface area contributed by atoms with E-state index in [2.05, 4.69) is 0 Å². The number of carbonyl (C=O) groups is 1. The number of carboxylic acid groups (broad SMARTS) is 1. The van der Waals surface area contributed by atoms with E-state index < -0.39 is 68.8 Å². The molecule has 0 radical (unpaired) electrons. The molecular formula is C47H57N2NaO14S4. The zero-order valence-corrected chi connectivity index (χ0v) is 40.9. The number of nitrogens with zero attached hydrogens (tertiary/aromatic N) is 2. The molecule has 4 N–H and O–H groups in total. The number of anilines is 1. The molecule has 0 fully saturated rings. The number of rotatable bonds is 20. The Hall–Kier alpha value is -3.80. The Balaban J connectivity index is 0.00000864. The number of fused-ring (bicyclic) bond motifs is 2. The van der Waals surface area contributed by atoms with Crippen molar-refractivity contribution in [3.8, 4) is 0 Å². The van der Waals surface area contributed by atoms with Crippen LogP contribution in [0.25, 0.3) is 5.57 Å². The van der Waals surface area contributed by atoms with Crippen molar-refractivity contribution in [3.05, 3.63) is 124 Å². The Labute approximate surface area is 421 Å². The van der Waals surface area contributed by atoms with Gasteiger partial charge in [-0.3, -0.25) is 18.5 Å². The summed E-state index contributed by atoms with van der Waals surface area (Å²) >= 11 is 0. The minimum atomic E-state index is -4.79. The topological polar surface area (TPSA) is 264 Å². The van der Waals surface area contributed by atoms with Crippen LogP contribution in [0.4, 0.5) is 11.4 Å². The van der Waals surface area contributed by atoms with Gasteiger partial charge in [0.25, 0.3) is 30.4 Å². The molecule has 0 atom stereocenters. The molecule has 0 saturated heterocycles. The average Bonchev–Trinajstić information content (AvgIpc) is 3.79. The monoisotopic (exact) mass is 1020 g/mol. The third kappa shape index (κ3) is 13.1. The zero-order valence-electron chi connectivity index (χ0n) is 37.7. The fourth-order valence-corrected chi connectivity index (χ4v) is 11.5. The van der Waals surface area contributed by atoms with Crippen molar-refractivity contribution in [1.29, 1.82) is 0 Å². The molecule has 68 heavy (non-hydrogen) atoms. The van der Waals surface area contributed by atoms with Crippen LogP contribution < -0.4 is 4.90 Å². The van der Waals surface area contributed by atoms with E-state index in [1.54, 1.807) is 12.1 Å². The van der Waals surface area contributed by atoms with Crippen LogP contribution in [0.3, 0.4) is 0 Å². The van der Waals surface area contributed by atoms with Gasteiger partial charge >= 0.3 is 35.5 Å². The van der Waals surface area contributed by atoms with Gasteiger partial charge in [-0.05, 0) is 129 Å². The van der Waals surface area contributed by atoms with Gasteiger partial charge in [0, 0.05) is 53.9 Å². The first kappa shape index (κ1) is 55.1. The van der Waals surface area contributed by atoms with E-state index in [1.165, 1.54) is 24.3 Å². The molecule has 364 valence electrons. The van der Waals surface area contributed by atoms with Crippen molar-refractivity contribution < 1.29 is 66.4 Å². The molecular weight excluding hydrogens is 968 g/mol. The first-order valence-corrected chi connectivity index (χ1v) is 27.8. The molecule has 0 aromatic heterocycles. The van der Waals surface area contributed by atoms with Gasteiger partial charge in [-0.25, -0.2) is 8.42 Å². The molecule has 3 aromatic rings. The van der Waals surface area contributed by atoms with Crippen LogP contribution in [0.5, 0.6) is 0 Å². The number of allylic oxidation sites excluding steroid dienone is 8. The van der Waals surface area contributed by atoms with Crippen molar-refractivity contribution in [2.24, 2.45) is 0 Å². The minimum absolute atomic E-state index is 0. The second-order valence-electron chi connectivity index (χ2n) is 18.1. The number of hydrogen-bond donors (Lipinski definition) is 4. The van der Waals surface area contributed by atoms with Gasteiger partial charge in [0.05, 0.1) is 26.7 Å². The third-order valence-electron chi connectivity index (χ3n) is 12.6. The van der Waals surface area contributed by atoms with E-state index in [0.29, 0.717) is 74.1 Å². The van der Waals surface area contributed by atoms with Crippen molar-refractivity contribution in [1.82, 2.24) is 0 Å². The zero-order chi connectivity index (χ0) is 49.3. The van der Waals surface area contributed by atoms with Crippen molar-refractivity contribution in [3.63, 3.8) is 0 Å². The fraction of sp³-hybridized carbons (Fsp3) is 0.404. The summed E-state index contributed by atoms with van der Waals surface area (Å²) in [7, 11) is -17.7. The van der Waals surface area contributed by atoms with Crippen molar-refractivity contribution >= 4 is 98.7 Å². The van der Waals surface area contributed by atoms with E-state index in [-0.39, 0.29) is 58.6 Å². The van der Waals surface area contributed by atoms with Crippen molar-refractivity contribution in [2.75, 3.05) is 29.5 Å². The molecule has 0 unspecified atom stereocenters. The van der Waals surface area contributed by atoms with Gasteiger partial charge < -0.3 is 14.6 Å². The van der Waals surface area contributed by atoms with Gasteiger partial charge in [0.2, 0.25) is 5.69 Å².